The smallest absolute Gasteiger partial charge is 0.417 e. The average Bonchev–Trinajstić information content (AvgIpc) is 2.59. The Morgan fingerprint density at radius 1 is 1.19 bits per heavy atom. The van der Waals surface area contributed by atoms with E-state index in [9.17, 15) is 26.7 Å². The maximum Gasteiger partial charge on any atom is 0.417 e. The molecule has 2 rings (SSSR count). The molecule has 1 N–H and O–H groups in total. The summed E-state index contributed by atoms with van der Waals surface area (Å²) < 4.78 is 65.9. The number of aromatic nitrogens is 1. The molecule has 1 aromatic heterocycles. The van der Waals surface area contributed by atoms with Crippen LogP contribution in [0.4, 0.5) is 22.0 Å². The summed E-state index contributed by atoms with van der Waals surface area (Å²) in [6.45, 7) is -1.20. The van der Waals surface area contributed by atoms with E-state index >= 15 is 0 Å². The second kappa shape index (κ2) is 9.03. The van der Waals surface area contributed by atoms with Crippen LogP contribution in [0.25, 0.3) is 0 Å². The number of thioether (sulfide) groups is 1. The van der Waals surface area contributed by atoms with Gasteiger partial charge in [-0.05, 0) is 36.8 Å². The lowest BCUT2D eigenvalue weighted by molar-refractivity contribution is -0.137. The van der Waals surface area contributed by atoms with Crippen molar-refractivity contribution in [2.45, 2.75) is 30.8 Å². The van der Waals surface area contributed by atoms with Crippen molar-refractivity contribution in [3.05, 3.63) is 53.7 Å². The van der Waals surface area contributed by atoms with E-state index in [0.717, 1.165) is 17.8 Å². The summed E-state index contributed by atoms with van der Waals surface area (Å²) in [5.74, 6) is -0.367. The quantitative estimate of drug-likeness (QED) is 0.536. The van der Waals surface area contributed by atoms with Gasteiger partial charge >= 0.3 is 12.8 Å². The van der Waals surface area contributed by atoms with Crippen LogP contribution < -0.4 is 10.1 Å². The Hall–Kier alpha value is -2.36. The van der Waals surface area contributed by atoms with E-state index in [4.69, 9.17) is 0 Å². The minimum absolute atomic E-state index is 0.0104. The summed E-state index contributed by atoms with van der Waals surface area (Å²) in [6, 6.07) is 7.54. The van der Waals surface area contributed by atoms with E-state index < -0.39 is 18.4 Å². The van der Waals surface area contributed by atoms with Gasteiger partial charge in [0.15, 0.2) is 0 Å². The molecular formula is C17H15F5N2O2S. The summed E-state index contributed by atoms with van der Waals surface area (Å²) in [7, 11) is 0. The van der Waals surface area contributed by atoms with Crippen LogP contribution in [0, 0.1) is 0 Å². The highest BCUT2D eigenvalue weighted by Gasteiger charge is 2.30. The standard InChI is InChI=1S/C17H15F5N2O2S/c1-10(11-2-5-13(6-3-11)26-16(18)19)24-14(25)9-27-15-7-4-12(8-23-15)17(20,21)22/h2-8,10,16H,9H2,1H3,(H,24,25). The van der Waals surface area contributed by atoms with Crippen LogP contribution in [0.2, 0.25) is 0 Å². The van der Waals surface area contributed by atoms with Crippen molar-refractivity contribution in [3.63, 3.8) is 0 Å². The van der Waals surface area contributed by atoms with Crippen LogP contribution in [-0.2, 0) is 11.0 Å². The molecule has 0 saturated heterocycles. The predicted molar refractivity (Wildman–Crippen MR) is 89.6 cm³/mol. The Labute approximate surface area is 156 Å². The lowest BCUT2D eigenvalue weighted by Crippen LogP contribution is -2.28. The Morgan fingerprint density at radius 3 is 2.37 bits per heavy atom. The summed E-state index contributed by atoms with van der Waals surface area (Å²) in [5.41, 5.74) is -0.174. The molecule has 0 aliphatic heterocycles. The van der Waals surface area contributed by atoms with Crippen molar-refractivity contribution in [3.8, 4) is 5.75 Å². The van der Waals surface area contributed by atoms with Gasteiger partial charge in [0.2, 0.25) is 5.91 Å². The molecule has 0 spiro atoms. The number of carbonyl (C=O) groups is 1. The van der Waals surface area contributed by atoms with Gasteiger partial charge < -0.3 is 10.1 Å². The molecule has 1 atom stereocenters. The van der Waals surface area contributed by atoms with Crippen molar-refractivity contribution in [2.75, 3.05) is 5.75 Å². The minimum atomic E-state index is -4.46. The fourth-order valence-corrected chi connectivity index (χ4v) is 2.73. The Bertz CT molecular complexity index is 751. The van der Waals surface area contributed by atoms with E-state index in [1.807, 2.05) is 0 Å². The molecular weight excluding hydrogens is 391 g/mol. The molecule has 1 unspecified atom stereocenters. The lowest BCUT2D eigenvalue weighted by Gasteiger charge is -2.15. The molecule has 4 nitrogen and oxygen atoms in total. The second-order valence-electron chi connectivity index (χ2n) is 5.41. The van der Waals surface area contributed by atoms with Crippen molar-refractivity contribution in [2.24, 2.45) is 0 Å². The monoisotopic (exact) mass is 406 g/mol. The second-order valence-corrected chi connectivity index (χ2v) is 6.40. The van der Waals surface area contributed by atoms with Crippen LogP contribution in [-0.4, -0.2) is 23.3 Å². The largest absolute Gasteiger partial charge is 0.435 e. The summed E-state index contributed by atoms with van der Waals surface area (Å²) >= 11 is 1.00. The molecule has 1 aromatic carbocycles. The average molecular weight is 406 g/mol. The van der Waals surface area contributed by atoms with Gasteiger partial charge in [-0.1, -0.05) is 23.9 Å². The van der Waals surface area contributed by atoms with E-state index in [0.29, 0.717) is 16.8 Å². The molecule has 27 heavy (non-hydrogen) atoms. The van der Waals surface area contributed by atoms with Gasteiger partial charge in [0.1, 0.15) is 5.75 Å². The Morgan fingerprint density at radius 2 is 1.85 bits per heavy atom. The molecule has 0 aliphatic rings. The molecule has 0 bridgehead atoms. The van der Waals surface area contributed by atoms with Crippen LogP contribution in [0.3, 0.4) is 0 Å². The third kappa shape index (κ3) is 6.70. The number of rotatable bonds is 7. The zero-order valence-electron chi connectivity index (χ0n) is 14.0. The number of nitrogens with one attached hydrogen (secondary N) is 1. The van der Waals surface area contributed by atoms with Crippen LogP contribution in [0.15, 0.2) is 47.6 Å². The van der Waals surface area contributed by atoms with Gasteiger partial charge in [-0.2, -0.15) is 22.0 Å². The van der Waals surface area contributed by atoms with Crippen molar-refractivity contribution in [1.29, 1.82) is 0 Å². The van der Waals surface area contributed by atoms with Gasteiger partial charge in [-0.25, -0.2) is 4.98 Å². The number of benzene rings is 1. The molecule has 1 heterocycles. The van der Waals surface area contributed by atoms with Crippen LogP contribution in [0.5, 0.6) is 5.75 Å². The van der Waals surface area contributed by atoms with Crippen molar-refractivity contribution < 1.29 is 31.5 Å². The minimum Gasteiger partial charge on any atom is -0.435 e. The zero-order chi connectivity index (χ0) is 20.0. The number of amides is 1. The first-order valence-electron chi connectivity index (χ1n) is 7.65. The van der Waals surface area contributed by atoms with Gasteiger partial charge in [0, 0.05) is 6.20 Å². The van der Waals surface area contributed by atoms with Gasteiger partial charge in [0.05, 0.1) is 22.4 Å². The number of hydrogen-bond acceptors (Lipinski definition) is 4. The fourth-order valence-electron chi connectivity index (χ4n) is 2.08. The third-order valence-corrected chi connectivity index (χ3v) is 4.34. The highest BCUT2D eigenvalue weighted by Crippen LogP contribution is 2.29. The molecule has 0 saturated carbocycles. The fraction of sp³-hybridized carbons (Fsp3) is 0.294. The van der Waals surface area contributed by atoms with Crippen LogP contribution in [0.1, 0.15) is 24.1 Å². The number of hydrogen-bond donors (Lipinski definition) is 1. The molecule has 0 radical (unpaired) electrons. The Balaban J connectivity index is 1.84. The molecule has 10 heteroatoms. The maximum absolute atomic E-state index is 12.5. The SMILES string of the molecule is CC(NC(=O)CSc1ccc(C(F)(F)F)cn1)c1ccc(OC(F)F)cc1. The highest BCUT2D eigenvalue weighted by molar-refractivity contribution is 7.99. The van der Waals surface area contributed by atoms with Crippen LogP contribution >= 0.6 is 11.8 Å². The number of halogens is 5. The first-order chi connectivity index (χ1) is 12.6. The highest BCUT2D eigenvalue weighted by atomic mass is 32.2. The normalized spacial score (nSPS) is 12.7. The number of ether oxygens (including phenoxy) is 1. The number of alkyl halides is 5. The van der Waals surface area contributed by atoms with E-state index in [2.05, 4.69) is 15.0 Å². The topological polar surface area (TPSA) is 51.2 Å². The van der Waals surface area contributed by atoms with Gasteiger partial charge in [0.25, 0.3) is 0 Å². The Kier molecular flexibility index (Phi) is 7.00. The molecule has 0 aliphatic carbocycles. The van der Waals surface area contributed by atoms with Crippen molar-refractivity contribution >= 4 is 17.7 Å². The summed E-state index contributed by atoms with van der Waals surface area (Å²) in [5, 5.41) is 3.00. The molecule has 0 fully saturated rings. The summed E-state index contributed by atoms with van der Waals surface area (Å²) in [6.07, 6.45) is -3.75. The zero-order valence-corrected chi connectivity index (χ0v) is 14.8. The summed E-state index contributed by atoms with van der Waals surface area (Å²) in [4.78, 5) is 15.7. The molecule has 146 valence electrons. The lowest BCUT2D eigenvalue weighted by atomic mass is 10.1. The third-order valence-electron chi connectivity index (χ3n) is 3.40. The number of carbonyl (C=O) groups excluding carboxylic acids is 1. The number of nitrogens with zero attached hydrogens (tertiary/aromatic N) is 1. The first-order valence-corrected chi connectivity index (χ1v) is 8.64. The number of pyridine rings is 1. The van der Waals surface area contributed by atoms with E-state index in [-0.39, 0.29) is 23.5 Å². The molecule has 2 aromatic rings. The van der Waals surface area contributed by atoms with Crippen molar-refractivity contribution in [1.82, 2.24) is 10.3 Å². The maximum atomic E-state index is 12.5. The predicted octanol–water partition coefficient (Wildman–Crippen LogP) is 4.67. The first kappa shape index (κ1) is 20.9. The van der Waals surface area contributed by atoms with Gasteiger partial charge in [-0.3, -0.25) is 4.79 Å². The van der Waals surface area contributed by atoms with E-state index in [1.165, 1.54) is 18.2 Å². The van der Waals surface area contributed by atoms with Gasteiger partial charge in [-0.15, -0.1) is 0 Å². The molecule has 1 amide bonds. The van der Waals surface area contributed by atoms with E-state index in [1.54, 1.807) is 19.1 Å².